The number of piperidine rings is 1. The first kappa shape index (κ1) is 12.6. The van der Waals surface area contributed by atoms with Gasteiger partial charge in [-0.15, -0.1) is 0 Å². The van der Waals surface area contributed by atoms with Crippen molar-refractivity contribution >= 4 is 17.8 Å². The van der Waals surface area contributed by atoms with Crippen molar-refractivity contribution in [3.8, 4) is 0 Å². The molecule has 1 atom stereocenters. The number of hydrazone groups is 2. The van der Waals surface area contributed by atoms with Crippen molar-refractivity contribution in [2.75, 3.05) is 20.1 Å². The van der Waals surface area contributed by atoms with E-state index in [2.05, 4.69) is 15.5 Å². The standard InChI is InChI=1S/C10H15N5O3/c1-14-9(16)10(4-2-5-12-15(17)18)7-11-6-3-8(10)13-14/h5,11H,2-4,6-7H2,1H3/b12-5-. The minimum absolute atomic E-state index is 0.0424. The second-order valence-electron chi connectivity index (χ2n) is 4.46. The van der Waals surface area contributed by atoms with Gasteiger partial charge in [-0.2, -0.15) is 5.10 Å². The molecule has 8 heteroatoms. The lowest BCUT2D eigenvalue weighted by Crippen LogP contribution is -2.51. The van der Waals surface area contributed by atoms with E-state index in [-0.39, 0.29) is 5.91 Å². The van der Waals surface area contributed by atoms with Crippen molar-refractivity contribution in [3.63, 3.8) is 0 Å². The van der Waals surface area contributed by atoms with E-state index in [0.717, 1.165) is 18.7 Å². The number of hydrogen-bond donors (Lipinski definition) is 1. The predicted octanol–water partition coefficient (Wildman–Crippen LogP) is -0.163. The molecule has 98 valence electrons. The number of carbonyl (C=O) groups excluding carboxylic acids is 1. The van der Waals surface area contributed by atoms with E-state index in [9.17, 15) is 14.9 Å². The smallest absolute Gasteiger partial charge is 0.255 e. The Kier molecular flexibility index (Phi) is 3.37. The van der Waals surface area contributed by atoms with Crippen molar-refractivity contribution in [2.24, 2.45) is 15.6 Å². The number of carbonyl (C=O) groups is 1. The molecule has 1 N–H and O–H groups in total. The third-order valence-electron chi connectivity index (χ3n) is 3.37. The molecule has 0 aromatic carbocycles. The van der Waals surface area contributed by atoms with Crippen LogP contribution < -0.4 is 5.32 Å². The largest absolute Gasteiger partial charge is 0.315 e. The third-order valence-corrected chi connectivity index (χ3v) is 3.37. The summed E-state index contributed by atoms with van der Waals surface area (Å²) in [6, 6.07) is 0. The van der Waals surface area contributed by atoms with Gasteiger partial charge in [0.2, 0.25) is 0 Å². The van der Waals surface area contributed by atoms with E-state index in [1.54, 1.807) is 7.05 Å². The summed E-state index contributed by atoms with van der Waals surface area (Å²) in [5.74, 6) is -0.0424. The molecule has 1 unspecified atom stereocenters. The molecular formula is C10H15N5O3. The van der Waals surface area contributed by atoms with Crippen molar-refractivity contribution in [1.82, 2.24) is 10.3 Å². The number of hydrogen-bond acceptors (Lipinski definition) is 5. The molecule has 1 fully saturated rings. The summed E-state index contributed by atoms with van der Waals surface area (Å²) in [5.41, 5.74) is 0.249. The van der Waals surface area contributed by atoms with Crippen LogP contribution in [-0.2, 0) is 4.79 Å². The van der Waals surface area contributed by atoms with E-state index in [0.29, 0.717) is 19.4 Å². The fourth-order valence-electron chi connectivity index (χ4n) is 2.51. The van der Waals surface area contributed by atoms with Gasteiger partial charge in [-0.3, -0.25) is 4.79 Å². The lowest BCUT2D eigenvalue weighted by atomic mass is 9.75. The fraction of sp³-hybridized carbons (Fsp3) is 0.700. The van der Waals surface area contributed by atoms with Gasteiger partial charge in [-0.05, 0) is 12.8 Å². The van der Waals surface area contributed by atoms with E-state index in [1.165, 1.54) is 11.2 Å². The van der Waals surface area contributed by atoms with Gasteiger partial charge in [0.1, 0.15) is 5.41 Å². The third kappa shape index (κ3) is 2.10. The highest BCUT2D eigenvalue weighted by atomic mass is 16.7. The molecule has 2 rings (SSSR count). The minimum Gasteiger partial charge on any atom is -0.315 e. The molecule has 1 amide bonds. The number of nitrogens with zero attached hydrogens (tertiary/aromatic N) is 4. The molecule has 2 aliphatic rings. The first-order chi connectivity index (χ1) is 8.56. The highest BCUT2D eigenvalue weighted by Gasteiger charge is 2.50. The van der Waals surface area contributed by atoms with Crippen molar-refractivity contribution in [3.05, 3.63) is 10.1 Å². The normalized spacial score (nSPS) is 27.5. The molecule has 0 bridgehead atoms. The summed E-state index contributed by atoms with van der Waals surface area (Å²) >= 11 is 0. The van der Waals surface area contributed by atoms with Gasteiger partial charge in [0.15, 0.2) is 5.03 Å². The van der Waals surface area contributed by atoms with Gasteiger partial charge >= 0.3 is 0 Å². The predicted molar refractivity (Wildman–Crippen MR) is 64.8 cm³/mol. The molecule has 8 nitrogen and oxygen atoms in total. The molecule has 1 saturated heterocycles. The number of nitrogens with one attached hydrogen (secondary N) is 1. The lowest BCUT2D eigenvalue weighted by molar-refractivity contribution is -0.484. The van der Waals surface area contributed by atoms with E-state index in [4.69, 9.17) is 0 Å². The Labute approximate surface area is 104 Å². The number of rotatable bonds is 4. The van der Waals surface area contributed by atoms with Crippen LogP contribution in [0.25, 0.3) is 0 Å². The van der Waals surface area contributed by atoms with Gasteiger partial charge in [0.25, 0.3) is 5.91 Å². The monoisotopic (exact) mass is 253 g/mol. The molecule has 0 saturated carbocycles. The molecule has 0 radical (unpaired) electrons. The number of nitro groups is 1. The SMILES string of the molecule is CN1N=C2CCNCC2(CC/C=N\[N+](=O)[O-])C1=O. The average Bonchev–Trinajstić information content (AvgIpc) is 2.59. The van der Waals surface area contributed by atoms with Crippen LogP contribution in [0.5, 0.6) is 0 Å². The highest BCUT2D eigenvalue weighted by molar-refractivity contribution is 6.13. The minimum atomic E-state index is -0.742. The molecule has 0 aromatic heterocycles. The fourth-order valence-corrected chi connectivity index (χ4v) is 2.51. The Morgan fingerprint density at radius 1 is 1.72 bits per heavy atom. The van der Waals surface area contributed by atoms with Crippen LogP contribution in [0.2, 0.25) is 0 Å². The van der Waals surface area contributed by atoms with Gasteiger partial charge in [-0.25, -0.2) is 15.1 Å². The van der Waals surface area contributed by atoms with E-state index >= 15 is 0 Å². The Balaban J connectivity index is 2.09. The van der Waals surface area contributed by atoms with Gasteiger partial charge in [0.05, 0.1) is 17.0 Å². The maximum atomic E-state index is 12.2. The molecule has 0 spiro atoms. The Morgan fingerprint density at radius 3 is 3.22 bits per heavy atom. The summed E-state index contributed by atoms with van der Waals surface area (Å²) in [5, 5.41) is 21.2. The summed E-state index contributed by atoms with van der Waals surface area (Å²) in [7, 11) is 1.64. The molecule has 0 aliphatic carbocycles. The average molecular weight is 253 g/mol. The van der Waals surface area contributed by atoms with Crippen LogP contribution in [0.1, 0.15) is 19.3 Å². The first-order valence-electron chi connectivity index (χ1n) is 5.80. The van der Waals surface area contributed by atoms with Gasteiger partial charge in [0, 0.05) is 26.6 Å². The van der Waals surface area contributed by atoms with Crippen LogP contribution in [0, 0.1) is 15.5 Å². The summed E-state index contributed by atoms with van der Waals surface area (Å²) in [6.45, 7) is 1.35. The van der Waals surface area contributed by atoms with Gasteiger partial charge < -0.3 is 5.32 Å². The van der Waals surface area contributed by atoms with Crippen molar-refractivity contribution in [2.45, 2.75) is 19.3 Å². The Bertz CT molecular complexity index is 433. The Hall–Kier alpha value is -1.83. The summed E-state index contributed by atoms with van der Waals surface area (Å²) < 4.78 is 0. The van der Waals surface area contributed by atoms with Crippen LogP contribution in [0.3, 0.4) is 0 Å². The highest BCUT2D eigenvalue weighted by Crippen LogP contribution is 2.35. The van der Waals surface area contributed by atoms with Crippen LogP contribution >= 0.6 is 0 Å². The second-order valence-corrected chi connectivity index (χ2v) is 4.46. The van der Waals surface area contributed by atoms with E-state index in [1.807, 2.05) is 0 Å². The molecule has 18 heavy (non-hydrogen) atoms. The number of fused-ring (bicyclic) bond motifs is 1. The molecule has 0 aromatic rings. The van der Waals surface area contributed by atoms with Crippen molar-refractivity contribution < 1.29 is 9.83 Å². The first-order valence-corrected chi connectivity index (χ1v) is 5.80. The topological polar surface area (TPSA) is 100 Å². The lowest BCUT2D eigenvalue weighted by Gasteiger charge is -2.32. The maximum absolute atomic E-state index is 12.2. The summed E-state index contributed by atoms with van der Waals surface area (Å²) in [4.78, 5) is 22.3. The zero-order valence-corrected chi connectivity index (χ0v) is 10.1. The quantitative estimate of drug-likeness (QED) is 0.427. The zero-order chi connectivity index (χ0) is 13.2. The maximum Gasteiger partial charge on any atom is 0.255 e. The molecule has 2 heterocycles. The van der Waals surface area contributed by atoms with Crippen molar-refractivity contribution in [1.29, 1.82) is 0 Å². The second kappa shape index (κ2) is 4.81. The van der Waals surface area contributed by atoms with Gasteiger partial charge in [-0.1, -0.05) is 0 Å². The van der Waals surface area contributed by atoms with Crippen LogP contribution in [0.15, 0.2) is 10.2 Å². The molecule has 2 aliphatic heterocycles. The zero-order valence-electron chi connectivity index (χ0n) is 10.1. The van der Waals surface area contributed by atoms with Crippen LogP contribution in [0.4, 0.5) is 0 Å². The molecular weight excluding hydrogens is 238 g/mol. The van der Waals surface area contributed by atoms with Crippen LogP contribution in [-0.4, -0.2) is 48.0 Å². The number of amides is 1. The summed E-state index contributed by atoms with van der Waals surface area (Å²) in [6.07, 6.45) is 2.87. The van der Waals surface area contributed by atoms with E-state index < -0.39 is 10.4 Å². The Morgan fingerprint density at radius 2 is 2.50 bits per heavy atom.